The van der Waals surface area contributed by atoms with Crippen molar-refractivity contribution in [3.63, 3.8) is 0 Å². The van der Waals surface area contributed by atoms with Gasteiger partial charge in [-0.3, -0.25) is 9.36 Å². The van der Waals surface area contributed by atoms with E-state index in [1.54, 1.807) is 18.5 Å². The van der Waals surface area contributed by atoms with Gasteiger partial charge in [0.2, 0.25) is 5.91 Å². The van der Waals surface area contributed by atoms with E-state index in [4.69, 9.17) is 0 Å². The highest BCUT2D eigenvalue weighted by Crippen LogP contribution is 2.21. The molecule has 0 fully saturated rings. The Bertz CT molecular complexity index is 891. The van der Waals surface area contributed by atoms with Crippen LogP contribution in [0.15, 0.2) is 60.0 Å². The van der Waals surface area contributed by atoms with Gasteiger partial charge in [-0.05, 0) is 41.3 Å². The number of amides is 1. The van der Waals surface area contributed by atoms with E-state index in [-0.39, 0.29) is 17.5 Å². The first-order valence-corrected chi connectivity index (χ1v) is 9.66. The molecule has 1 aromatic heterocycles. The molecule has 0 atom stereocenters. The summed E-state index contributed by atoms with van der Waals surface area (Å²) < 4.78 is 14.8. The maximum Gasteiger partial charge on any atom is 0.230 e. The van der Waals surface area contributed by atoms with Crippen molar-refractivity contribution in [3.8, 4) is 5.69 Å². The van der Waals surface area contributed by atoms with Crippen molar-refractivity contribution in [1.82, 2.24) is 20.1 Å². The summed E-state index contributed by atoms with van der Waals surface area (Å²) in [7, 11) is 0. The van der Waals surface area contributed by atoms with Crippen LogP contribution in [0.4, 0.5) is 4.39 Å². The quantitative estimate of drug-likeness (QED) is 0.627. The fourth-order valence-electron chi connectivity index (χ4n) is 2.50. The van der Waals surface area contributed by atoms with Gasteiger partial charge in [-0.2, -0.15) is 0 Å². The average molecular weight is 384 g/mol. The lowest BCUT2D eigenvalue weighted by Crippen LogP contribution is -2.24. The summed E-state index contributed by atoms with van der Waals surface area (Å²) in [6.07, 6.45) is 1.64. The molecule has 0 aliphatic heterocycles. The van der Waals surface area contributed by atoms with Gasteiger partial charge >= 0.3 is 0 Å². The van der Waals surface area contributed by atoms with Crippen LogP contribution in [-0.2, 0) is 11.3 Å². The van der Waals surface area contributed by atoms with Gasteiger partial charge in [0.1, 0.15) is 12.1 Å². The fraction of sp³-hybridized carbons (Fsp3) is 0.250. The lowest BCUT2D eigenvalue weighted by Gasteiger charge is -2.09. The maximum atomic E-state index is 12.9. The monoisotopic (exact) mass is 384 g/mol. The summed E-state index contributed by atoms with van der Waals surface area (Å²) in [5, 5.41) is 11.5. The molecule has 140 valence electrons. The van der Waals surface area contributed by atoms with Gasteiger partial charge in [0.25, 0.3) is 0 Å². The Morgan fingerprint density at radius 1 is 1.15 bits per heavy atom. The molecule has 1 N–H and O–H groups in total. The van der Waals surface area contributed by atoms with E-state index in [1.165, 1.54) is 29.5 Å². The van der Waals surface area contributed by atoms with Crippen LogP contribution in [0.1, 0.15) is 30.9 Å². The molecule has 0 aliphatic rings. The molecule has 27 heavy (non-hydrogen) atoms. The van der Waals surface area contributed by atoms with Crippen LogP contribution in [0.3, 0.4) is 0 Å². The van der Waals surface area contributed by atoms with E-state index in [2.05, 4.69) is 41.5 Å². The van der Waals surface area contributed by atoms with Gasteiger partial charge in [-0.15, -0.1) is 10.2 Å². The zero-order valence-electron chi connectivity index (χ0n) is 15.2. The third kappa shape index (κ3) is 5.17. The van der Waals surface area contributed by atoms with E-state index in [1.807, 2.05) is 16.7 Å². The molecule has 7 heteroatoms. The van der Waals surface area contributed by atoms with Crippen molar-refractivity contribution in [2.45, 2.75) is 31.5 Å². The van der Waals surface area contributed by atoms with Crippen LogP contribution in [0.2, 0.25) is 0 Å². The Morgan fingerprint density at radius 3 is 2.52 bits per heavy atom. The van der Waals surface area contributed by atoms with E-state index in [0.717, 1.165) is 11.3 Å². The van der Waals surface area contributed by atoms with Gasteiger partial charge in [0, 0.05) is 12.2 Å². The van der Waals surface area contributed by atoms with Crippen LogP contribution >= 0.6 is 11.8 Å². The first kappa shape index (κ1) is 19.1. The lowest BCUT2D eigenvalue weighted by atomic mass is 10.0. The highest BCUT2D eigenvalue weighted by Gasteiger charge is 2.10. The summed E-state index contributed by atoms with van der Waals surface area (Å²) in [6, 6.07) is 14.3. The van der Waals surface area contributed by atoms with Crippen molar-refractivity contribution in [2.24, 2.45) is 0 Å². The zero-order valence-corrected chi connectivity index (χ0v) is 16.0. The number of aromatic nitrogens is 3. The van der Waals surface area contributed by atoms with Crippen molar-refractivity contribution in [3.05, 3.63) is 71.8 Å². The second-order valence-corrected chi connectivity index (χ2v) is 7.36. The number of nitrogens with zero attached hydrogens (tertiary/aromatic N) is 3. The molecule has 2 aromatic carbocycles. The van der Waals surface area contributed by atoms with Gasteiger partial charge in [-0.25, -0.2) is 4.39 Å². The Hall–Kier alpha value is -2.67. The lowest BCUT2D eigenvalue weighted by molar-refractivity contribution is -0.118. The fourth-order valence-corrected chi connectivity index (χ4v) is 3.26. The first-order valence-electron chi connectivity index (χ1n) is 8.67. The number of thioether (sulfide) groups is 1. The Kier molecular flexibility index (Phi) is 6.24. The normalized spacial score (nSPS) is 11.0. The molecular weight excluding hydrogens is 363 g/mol. The summed E-state index contributed by atoms with van der Waals surface area (Å²) in [4.78, 5) is 12.1. The standard InChI is InChI=1S/C20H21FN4OS/c1-14(2)16-5-9-18(10-6-16)25-13-23-24-20(25)27-12-19(26)22-11-15-3-7-17(21)8-4-15/h3-10,13-14H,11-12H2,1-2H3,(H,22,26). The topological polar surface area (TPSA) is 59.8 Å². The maximum absolute atomic E-state index is 12.9. The number of hydrogen-bond donors (Lipinski definition) is 1. The van der Waals surface area contributed by atoms with E-state index >= 15 is 0 Å². The minimum absolute atomic E-state index is 0.117. The number of hydrogen-bond acceptors (Lipinski definition) is 4. The van der Waals surface area contributed by atoms with E-state index in [9.17, 15) is 9.18 Å². The van der Waals surface area contributed by atoms with Crippen molar-refractivity contribution in [2.75, 3.05) is 5.75 Å². The van der Waals surface area contributed by atoms with Crippen LogP contribution in [0.5, 0.6) is 0 Å². The number of halogens is 1. The molecule has 0 radical (unpaired) electrons. The zero-order chi connectivity index (χ0) is 19.2. The minimum Gasteiger partial charge on any atom is -0.351 e. The van der Waals surface area contributed by atoms with Crippen molar-refractivity contribution in [1.29, 1.82) is 0 Å². The number of benzene rings is 2. The van der Waals surface area contributed by atoms with E-state index < -0.39 is 0 Å². The molecule has 0 saturated heterocycles. The SMILES string of the molecule is CC(C)c1ccc(-n2cnnc2SCC(=O)NCc2ccc(F)cc2)cc1. The Balaban J connectivity index is 1.56. The molecule has 5 nitrogen and oxygen atoms in total. The molecular formula is C20H21FN4OS. The van der Waals surface area contributed by atoms with Crippen molar-refractivity contribution >= 4 is 17.7 Å². The summed E-state index contributed by atoms with van der Waals surface area (Å²) in [6.45, 7) is 4.67. The summed E-state index contributed by atoms with van der Waals surface area (Å²) in [5.41, 5.74) is 3.07. The molecule has 1 heterocycles. The van der Waals surface area contributed by atoms with Gasteiger partial charge in [0.15, 0.2) is 5.16 Å². The van der Waals surface area contributed by atoms with Crippen LogP contribution < -0.4 is 5.32 Å². The largest absolute Gasteiger partial charge is 0.351 e. The summed E-state index contributed by atoms with van der Waals surface area (Å²) >= 11 is 1.32. The van der Waals surface area contributed by atoms with Crippen molar-refractivity contribution < 1.29 is 9.18 Å². The molecule has 0 bridgehead atoms. The Labute approximate surface area is 162 Å². The molecule has 0 aliphatic carbocycles. The molecule has 3 rings (SSSR count). The Morgan fingerprint density at radius 2 is 1.85 bits per heavy atom. The van der Waals surface area contributed by atoms with Gasteiger partial charge < -0.3 is 5.32 Å². The third-order valence-corrected chi connectivity index (χ3v) is 5.03. The smallest absolute Gasteiger partial charge is 0.230 e. The number of carbonyl (C=O) groups excluding carboxylic acids is 1. The number of nitrogens with one attached hydrogen (secondary N) is 1. The second-order valence-electron chi connectivity index (χ2n) is 6.42. The van der Waals surface area contributed by atoms with Gasteiger partial charge in [-0.1, -0.05) is 49.9 Å². The number of carbonyl (C=O) groups is 1. The van der Waals surface area contributed by atoms with E-state index in [0.29, 0.717) is 17.6 Å². The molecule has 0 spiro atoms. The highest BCUT2D eigenvalue weighted by molar-refractivity contribution is 7.99. The average Bonchev–Trinajstić information content (AvgIpc) is 3.14. The first-order chi connectivity index (χ1) is 13.0. The molecule has 0 saturated carbocycles. The molecule has 1 amide bonds. The molecule has 0 unspecified atom stereocenters. The second kappa shape index (κ2) is 8.81. The minimum atomic E-state index is -0.290. The van der Waals surface area contributed by atoms with Crippen LogP contribution in [0.25, 0.3) is 5.69 Å². The van der Waals surface area contributed by atoms with Crippen LogP contribution in [0, 0.1) is 5.82 Å². The molecule has 3 aromatic rings. The van der Waals surface area contributed by atoms with Crippen LogP contribution in [-0.4, -0.2) is 26.4 Å². The third-order valence-electron chi connectivity index (χ3n) is 4.09. The summed E-state index contributed by atoms with van der Waals surface area (Å²) in [5.74, 6) is 0.290. The predicted molar refractivity (Wildman–Crippen MR) is 104 cm³/mol. The van der Waals surface area contributed by atoms with Gasteiger partial charge in [0.05, 0.1) is 5.75 Å². The number of rotatable bonds is 7. The highest BCUT2D eigenvalue weighted by atomic mass is 32.2. The predicted octanol–water partition coefficient (Wildman–Crippen LogP) is 3.94.